The number of piperidine rings is 1. The largest absolute Gasteiger partial charge is 0.371 e. The average Bonchev–Trinajstić information content (AvgIpc) is 3.45. The van der Waals surface area contributed by atoms with Crippen LogP contribution in [-0.4, -0.2) is 51.3 Å². The number of anilines is 1. The Kier molecular flexibility index (Phi) is 7.04. The van der Waals surface area contributed by atoms with E-state index >= 15 is 0 Å². The van der Waals surface area contributed by atoms with Gasteiger partial charge in [-0.25, -0.2) is 8.42 Å². The minimum Gasteiger partial charge on any atom is -0.371 e. The molecule has 5 heteroatoms. The Morgan fingerprint density at radius 2 is 1.46 bits per heavy atom. The Labute approximate surface area is 236 Å². The maximum Gasteiger partial charge on any atom is 0.181 e. The molecule has 4 nitrogen and oxygen atoms in total. The minimum absolute atomic E-state index is 0.151. The summed E-state index contributed by atoms with van der Waals surface area (Å²) in [5, 5.41) is -0.151. The van der Waals surface area contributed by atoms with Gasteiger partial charge in [-0.2, -0.15) is 0 Å². The number of fused-ring (bicyclic) bond motifs is 1. The van der Waals surface area contributed by atoms with Gasteiger partial charge < -0.3 is 9.80 Å². The fraction of sp³-hybridized carbons (Fsp3) is 0.647. The second-order valence-electron chi connectivity index (χ2n) is 13.5. The Balaban J connectivity index is 0.951. The first-order valence-electron chi connectivity index (χ1n) is 15.9. The van der Waals surface area contributed by atoms with E-state index in [0.29, 0.717) is 10.3 Å². The van der Waals surface area contributed by atoms with Crippen LogP contribution in [0, 0.1) is 17.8 Å². The quantitative estimate of drug-likeness (QED) is 0.391. The standard InChI is InChI=1S/C34H46N2O2S/c37-39(38,31-11-5-12-31)32-16-14-30(15-17-32)36-24-26(25-36)23-35-21-18-29(19-22-35)34(28-9-2-3-10-28)20-6-8-27-7-1-4-13-33(27)34/h1,4,7,13-17,26,28-29,31H,2-3,5-6,8-12,18-25H2. The van der Waals surface area contributed by atoms with Crippen molar-refractivity contribution in [2.75, 3.05) is 37.6 Å². The molecule has 2 aromatic carbocycles. The van der Waals surface area contributed by atoms with Crippen molar-refractivity contribution in [2.45, 2.75) is 92.6 Å². The Morgan fingerprint density at radius 3 is 2.15 bits per heavy atom. The third-order valence-corrected chi connectivity index (χ3v) is 13.7. The van der Waals surface area contributed by atoms with Crippen molar-refractivity contribution in [2.24, 2.45) is 17.8 Å². The zero-order valence-corrected chi connectivity index (χ0v) is 24.4. The first-order valence-corrected chi connectivity index (χ1v) is 17.5. The van der Waals surface area contributed by atoms with Crippen LogP contribution < -0.4 is 4.90 Å². The molecule has 4 fully saturated rings. The van der Waals surface area contributed by atoms with Crippen LogP contribution in [0.4, 0.5) is 5.69 Å². The Bertz CT molecular complexity index is 1250. The van der Waals surface area contributed by atoms with Crippen LogP contribution in [0.5, 0.6) is 0 Å². The van der Waals surface area contributed by atoms with Gasteiger partial charge in [0.2, 0.25) is 0 Å². The smallest absolute Gasteiger partial charge is 0.181 e. The van der Waals surface area contributed by atoms with Crippen molar-refractivity contribution in [3.05, 3.63) is 59.7 Å². The molecule has 2 aliphatic heterocycles. The van der Waals surface area contributed by atoms with Crippen LogP contribution >= 0.6 is 0 Å². The van der Waals surface area contributed by atoms with Crippen molar-refractivity contribution in [3.8, 4) is 0 Å². The molecule has 0 amide bonds. The fourth-order valence-electron chi connectivity index (χ4n) is 9.13. The molecule has 1 atom stereocenters. The summed E-state index contributed by atoms with van der Waals surface area (Å²) < 4.78 is 25.4. The van der Waals surface area contributed by atoms with E-state index in [1.165, 1.54) is 83.1 Å². The van der Waals surface area contributed by atoms with Crippen LogP contribution in [-0.2, 0) is 21.7 Å². The maximum atomic E-state index is 12.7. The number of hydrogen-bond acceptors (Lipinski definition) is 4. The highest BCUT2D eigenvalue weighted by Crippen LogP contribution is 2.55. The van der Waals surface area contributed by atoms with Crippen LogP contribution in [0.15, 0.2) is 53.4 Å². The normalized spacial score (nSPS) is 27.7. The van der Waals surface area contributed by atoms with Crippen molar-refractivity contribution in [1.82, 2.24) is 4.90 Å². The highest BCUT2D eigenvalue weighted by Gasteiger charge is 2.49. The number of sulfone groups is 1. The molecule has 39 heavy (non-hydrogen) atoms. The topological polar surface area (TPSA) is 40.6 Å². The predicted octanol–water partition coefficient (Wildman–Crippen LogP) is 6.63. The third-order valence-electron chi connectivity index (χ3n) is 11.5. The fourth-order valence-corrected chi connectivity index (χ4v) is 11.0. The maximum absolute atomic E-state index is 12.7. The SMILES string of the molecule is O=S(=O)(c1ccc(N2CC(CN3CCC(C4(C5CCCC5)CCCc5ccccc54)CC3)C2)cc1)C1CCC1. The van der Waals surface area contributed by atoms with Crippen molar-refractivity contribution < 1.29 is 8.42 Å². The first-order chi connectivity index (χ1) is 19.0. The number of nitrogens with zero attached hydrogens (tertiary/aromatic N) is 2. The van der Waals surface area contributed by atoms with Gasteiger partial charge in [-0.1, -0.05) is 43.5 Å². The number of rotatable bonds is 7. The second-order valence-corrected chi connectivity index (χ2v) is 15.7. The predicted molar refractivity (Wildman–Crippen MR) is 159 cm³/mol. The summed E-state index contributed by atoms with van der Waals surface area (Å²) >= 11 is 0. The molecule has 0 N–H and O–H groups in total. The van der Waals surface area contributed by atoms with Crippen LogP contribution in [0.25, 0.3) is 0 Å². The molecule has 5 aliphatic rings. The van der Waals surface area contributed by atoms with Crippen LogP contribution in [0.1, 0.15) is 81.8 Å². The summed E-state index contributed by atoms with van der Waals surface area (Å²) in [6, 6.07) is 17.2. The molecule has 2 saturated heterocycles. The van der Waals surface area contributed by atoms with Gasteiger partial charge in [0.25, 0.3) is 0 Å². The molecule has 0 radical (unpaired) electrons. The van der Waals surface area contributed by atoms with E-state index in [9.17, 15) is 8.42 Å². The lowest BCUT2D eigenvalue weighted by molar-refractivity contribution is 0.0648. The Hall–Kier alpha value is -1.85. The minimum atomic E-state index is -3.13. The monoisotopic (exact) mass is 546 g/mol. The molecule has 1 unspecified atom stereocenters. The molecular formula is C34H46N2O2S. The Morgan fingerprint density at radius 1 is 0.769 bits per heavy atom. The van der Waals surface area contributed by atoms with Gasteiger partial charge in [-0.05, 0) is 118 Å². The van der Waals surface area contributed by atoms with Gasteiger partial charge >= 0.3 is 0 Å². The zero-order valence-electron chi connectivity index (χ0n) is 23.6. The average molecular weight is 547 g/mol. The van der Waals surface area contributed by atoms with Crippen LogP contribution in [0.3, 0.4) is 0 Å². The van der Waals surface area contributed by atoms with Crippen molar-refractivity contribution >= 4 is 15.5 Å². The molecule has 0 aromatic heterocycles. The van der Waals surface area contributed by atoms with Gasteiger partial charge in [0.15, 0.2) is 9.84 Å². The molecule has 0 spiro atoms. The first kappa shape index (κ1) is 26.1. The highest BCUT2D eigenvalue weighted by molar-refractivity contribution is 7.92. The van der Waals surface area contributed by atoms with Gasteiger partial charge in [0, 0.05) is 36.7 Å². The lowest BCUT2D eigenvalue weighted by Gasteiger charge is -2.52. The lowest BCUT2D eigenvalue weighted by Crippen LogP contribution is -2.54. The van der Waals surface area contributed by atoms with Crippen molar-refractivity contribution in [1.29, 1.82) is 0 Å². The van der Waals surface area contributed by atoms with Gasteiger partial charge in [0.1, 0.15) is 0 Å². The van der Waals surface area contributed by atoms with Crippen molar-refractivity contribution in [3.63, 3.8) is 0 Å². The summed E-state index contributed by atoms with van der Waals surface area (Å²) in [6.07, 6.45) is 15.2. The number of hydrogen-bond donors (Lipinski definition) is 0. The lowest BCUT2D eigenvalue weighted by atomic mass is 9.54. The number of likely N-dealkylation sites (tertiary alicyclic amines) is 1. The van der Waals surface area contributed by atoms with E-state index in [4.69, 9.17) is 0 Å². The molecule has 3 aliphatic carbocycles. The zero-order chi connectivity index (χ0) is 26.5. The van der Waals surface area contributed by atoms with E-state index < -0.39 is 9.84 Å². The molecule has 7 rings (SSSR count). The molecule has 2 aromatic rings. The molecule has 210 valence electrons. The number of aryl methyl sites for hydroxylation is 1. The molecule has 2 saturated carbocycles. The summed E-state index contributed by atoms with van der Waals surface area (Å²) in [4.78, 5) is 5.68. The third kappa shape index (κ3) is 4.66. The van der Waals surface area contributed by atoms with E-state index in [1.54, 1.807) is 11.1 Å². The van der Waals surface area contributed by atoms with E-state index in [1.807, 2.05) is 24.3 Å². The summed E-state index contributed by atoms with van der Waals surface area (Å²) in [5.41, 5.74) is 5.00. The van der Waals surface area contributed by atoms with E-state index in [2.05, 4.69) is 34.1 Å². The number of benzene rings is 2. The highest BCUT2D eigenvalue weighted by atomic mass is 32.2. The molecular weight excluding hydrogens is 500 g/mol. The van der Waals surface area contributed by atoms with E-state index in [-0.39, 0.29) is 5.25 Å². The summed E-state index contributed by atoms with van der Waals surface area (Å²) in [6.45, 7) is 5.91. The van der Waals surface area contributed by atoms with Crippen LogP contribution in [0.2, 0.25) is 0 Å². The van der Waals surface area contributed by atoms with Gasteiger partial charge in [-0.3, -0.25) is 0 Å². The molecule has 2 heterocycles. The second kappa shape index (κ2) is 10.5. The van der Waals surface area contributed by atoms with E-state index in [0.717, 1.165) is 50.1 Å². The van der Waals surface area contributed by atoms with Gasteiger partial charge in [0.05, 0.1) is 10.1 Å². The summed E-state index contributed by atoms with van der Waals surface area (Å²) in [5.74, 6) is 2.45. The molecule has 0 bridgehead atoms. The van der Waals surface area contributed by atoms with Gasteiger partial charge in [-0.15, -0.1) is 0 Å². The summed E-state index contributed by atoms with van der Waals surface area (Å²) in [7, 11) is -3.13.